The molecule has 12 heteroatoms. The molecule has 0 bridgehead atoms. The summed E-state index contributed by atoms with van der Waals surface area (Å²) in [5.74, 6) is -2.27. The van der Waals surface area contributed by atoms with E-state index in [0.29, 0.717) is 0 Å². The van der Waals surface area contributed by atoms with E-state index in [1.807, 2.05) is 0 Å². The highest BCUT2D eigenvalue weighted by Gasteiger charge is 2.48. The summed E-state index contributed by atoms with van der Waals surface area (Å²) in [6, 6.07) is 11.2. The van der Waals surface area contributed by atoms with Crippen molar-refractivity contribution >= 4 is 29.4 Å². The molecule has 0 spiro atoms. The van der Waals surface area contributed by atoms with Crippen LogP contribution in [0.15, 0.2) is 48.5 Å². The molecule has 0 N–H and O–H groups in total. The van der Waals surface area contributed by atoms with Crippen LogP contribution in [0.2, 0.25) is 0 Å². The maximum absolute atomic E-state index is 12.7. The van der Waals surface area contributed by atoms with Gasteiger partial charge >= 0.3 is 17.9 Å². The number of non-ortho nitro benzene ring substituents is 1. The Bertz CT molecular complexity index is 1160. The summed E-state index contributed by atoms with van der Waals surface area (Å²) >= 11 is 0. The van der Waals surface area contributed by atoms with Crippen molar-refractivity contribution in [1.29, 1.82) is 0 Å². The van der Waals surface area contributed by atoms with Crippen LogP contribution in [-0.4, -0.2) is 59.8 Å². The number of carbonyl (C=O) groups excluding carboxylic acids is 4. The molecular formula is C24H23NO11. The molecule has 0 unspecified atom stereocenters. The quantitative estimate of drug-likeness (QED) is 0.172. The third-order valence-corrected chi connectivity index (χ3v) is 4.99. The van der Waals surface area contributed by atoms with Gasteiger partial charge in [-0.05, 0) is 24.3 Å². The SMILES string of the molecule is CC(=O)O[C@@H]1[C@@H](OC(C)=O)[C@@H](Oc2ccc(C(=O)c3cccc([N+](=O)[O-])c3)cc2)OC[C@H]1OC(C)=O. The Morgan fingerprint density at radius 3 is 2.06 bits per heavy atom. The van der Waals surface area contributed by atoms with E-state index in [1.54, 1.807) is 0 Å². The van der Waals surface area contributed by atoms with E-state index in [2.05, 4.69) is 0 Å². The minimum absolute atomic E-state index is 0.143. The van der Waals surface area contributed by atoms with Crippen molar-refractivity contribution in [3.05, 3.63) is 69.8 Å². The standard InChI is InChI=1S/C24H23NO11/c1-13(26)33-20-12-32-24(23(35-15(3)28)22(20)34-14(2)27)36-19-9-7-16(8-10-19)21(29)17-5-4-6-18(11-17)25(30)31/h4-11,20,22-24H,12H2,1-3H3/t20-,22+,23-,24-/m1/s1. The zero-order valence-electron chi connectivity index (χ0n) is 19.6. The molecule has 3 rings (SSSR count). The van der Waals surface area contributed by atoms with Crippen LogP contribution in [0.5, 0.6) is 5.75 Å². The molecule has 0 radical (unpaired) electrons. The van der Waals surface area contributed by atoms with Crippen molar-refractivity contribution in [2.75, 3.05) is 6.61 Å². The van der Waals surface area contributed by atoms with Gasteiger partial charge in [-0.1, -0.05) is 12.1 Å². The molecule has 1 saturated heterocycles. The first-order valence-electron chi connectivity index (χ1n) is 10.7. The first-order valence-corrected chi connectivity index (χ1v) is 10.7. The van der Waals surface area contributed by atoms with Crippen LogP contribution in [0.1, 0.15) is 36.7 Å². The molecule has 1 aliphatic rings. The predicted molar refractivity (Wildman–Crippen MR) is 120 cm³/mol. The number of hydrogen-bond acceptors (Lipinski definition) is 11. The Balaban J connectivity index is 1.79. The fourth-order valence-electron chi connectivity index (χ4n) is 3.56. The second kappa shape index (κ2) is 11.4. The first-order chi connectivity index (χ1) is 17.0. The number of ketones is 1. The zero-order valence-corrected chi connectivity index (χ0v) is 19.6. The number of nitrogens with zero attached hydrogens (tertiary/aromatic N) is 1. The fraction of sp³-hybridized carbons (Fsp3) is 0.333. The van der Waals surface area contributed by atoms with Gasteiger partial charge in [0.15, 0.2) is 18.0 Å². The number of benzene rings is 2. The van der Waals surface area contributed by atoms with Gasteiger partial charge in [0.25, 0.3) is 5.69 Å². The highest BCUT2D eigenvalue weighted by Crippen LogP contribution is 2.27. The average molecular weight is 501 g/mol. The van der Waals surface area contributed by atoms with Crippen LogP contribution in [0.25, 0.3) is 0 Å². The smallest absolute Gasteiger partial charge is 0.303 e. The molecular weight excluding hydrogens is 478 g/mol. The molecule has 0 amide bonds. The molecule has 1 heterocycles. The normalized spacial score (nSPS) is 21.1. The van der Waals surface area contributed by atoms with Gasteiger partial charge in [-0.3, -0.25) is 29.3 Å². The van der Waals surface area contributed by atoms with Gasteiger partial charge in [0.05, 0.1) is 11.5 Å². The number of nitro benzene ring substituents is 1. The Morgan fingerprint density at radius 1 is 0.861 bits per heavy atom. The molecule has 12 nitrogen and oxygen atoms in total. The van der Waals surface area contributed by atoms with Crippen molar-refractivity contribution in [2.24, 2.45) is 0 Å². The van der Waals surface area contributed by atoms with E-state index in [1.165, 1.54) is 55.5 Å². The molecule has 36 heavy (non-hydrogen) atoms. The number of rotatable bonds is 8. The highest BCUT2D eigenvalue weighted by atomic mass is 16.7. The Labute approximate surface area is 205 Å². The molecule has 0 aliphatic carbocycles. The topological polar surface area (TPSA) is 158 Å². The Kier molecular flexibility index (Phi) is 8.33. The largest absolute Gasteiger partial charge is 0.461 e. The molecule has 0 saturated carbocycles. The third kappa shape index (κ3) is 6.63. The van der Waals surface area contributed by atoms with Gasteiger partial charge in [-0.2, -0.15) is 0 Å². The van der Waals surface area contributed by atoms with E-state index < -0.39 is 53.2 Å². The van der Waals surface area contributed by atoms with Crippen LogP contribution < -0.4 is 4.74 Å². The first kappa shape index (κ1) is 26.3. The molecule has 190 valence electrons. The van der Waals surface area contributed by atoms with Gasteiger partial charge in [-0.25, -0.2) is 0 Å². The molecule has 4 atom stereocenters. The number of ether oxygens (including phenoxy) is 5. The molecule has 2 aromatic carbocycles. The van der Waals surface area contributed by atoms with E-state index in [0.717, 1.165) is 13.8 Å². The van der Waals surface area contributed by atoms with Gasteiger partial charge in [0, 0.05) is 44.0 Å². The average Bonchev–Trinajstić information content (AvgIpc) is 2.82. The van der Waals surface area contributed by atoms with Gasteiger partial charge in [0.2, 0.25) is 12.4 Å². The van der Waals surface area contributed by atoms with Crippen molar-refractivity contribution in [3.63, 3.8) is 0 Å². The lowest BCUT2D eigenvalue weighted by Crippen LogP contribution is -2.59. The van der Waals surface area contributed by atoms with Crippen molar-refractivity contribution < 1.29 is 47.8 Å². The molecule has 1 fully saturated rings. The summed E-state index contributed by atoms with van der Waals surface area (Å²) in [6.07, 6.45) is -4.73. The monoisotopic (exact) mass is 501 g/mol. The second-order valence-electron chi connectivity index (χ2n) is 7.78. The predicted octanol–water partition coefficient (Wildman–Crippen LogP) is 2.36. The lowest BCUT2D eigenvalue weighted by atomic mass is 10.0. The van der Waals surface area contributed by atoms with Crippen LogP contribution in [0.4, 0.5) is 5.69 Å². The Hall–Kier alpha value is -4.32. The van der Waals surface area contributed by atoms with Crippen LogP contribution in [0, 0.1) is 10.1 Å². The third-order valence-electron chi connectivity index (χ3n) is 4.99. The van der Waals surface area contributed by atoms with E-state index in [4.69, 9.17) is 23.7 Å². The lowest BCUT2D eigenvalue weighted by molar-refractivity contribution is -0.384. The van der Waals surface area contributed by atoms with Crippen molar-refractivity contribution in [1.82, 2.24) is 0 Å². The van der Waals surface area contributed by atoms with Gasteiger partial charge < -0.3 is 23.7 Å². The number of nitro groups is 1. The summed E-state index contributed by atoms with van der Waals surface area (Å²) < 4.78 is 27.1. The summed E-state index contributed by atoms with van der Waals surface area (Å²) in [5, 5.41) is 11.0. The van der Waals surface area contributed by atoms with Crippen LogP contribution in [0.3, 0.4) is 0 Å². The van der Waals surface area contributed by atoms with E-state index in [-0.39, 0.29) is 29.2 Å². The number of esters is 3. The van der Waals surface area contributed by atoms with Crippen molar-refractivity contribution in [2.45, 2.75) is 45.4 Å². The molecule has 0 aromatic heterocycles. The number of hydrogen-bond donors (Lipinski definition) is 0. The van der Waals surface area contributed by atoms with Crippen molar-refractivity contribution in [3.8, 4) is 5.75 Å². The minimum atomic E-state index is -1.27. The number of carbonyl (C=O) groups is 4. The lowest BCUT2D eigenvalue weighted by Gasteiger charge is -2.40. The van der Waals surface area contributed by atoms with Crippen LogP contribution >= 0.6 is 0 Å². The van der Waals surface area contributed by atoms with Crippen LogP contribution in [-0.2, 0) is 33.3 Å². The maximum atomic E-state index is 12.7. The second-order valence-corrected chi connectivity index (χ2v) is 7.78. The maximum Gasteiger partial charge on any atom is 0.303 e. The Morgan fingerprint density at radius 2 is 1.47 bits per heavy atom. The zero-order chi connectivity index (χ0) is 26.4. The van der Waals surface area contributed by atoms with E-state index >= 15 is 0 Å². The fourth-order valence-corrected chi connectivity index (χ4v) is 3.56. The highest BCUT2D eigenvalue weighted by molar-refractivity contribution is 6.09. The van der Waals surface area contributed by atoms with Gasteiger partial charge in [-0.15, -0.1) is 0 Å². The van der Waals surface area contributed by atoms with E-state index in [9.17, 15) is 29.3 Å². The van der Waals surface area contributed by atoms with Gasteiger partial charge in [0.1, 0.15) is 5.75 Å². The summed E-state index contributed by atoms with van der Waals surface area (Å²) in [6.45, 7) is 3.26. The molecule has 1 aliphatic heterocycles. The minimum Gasteiger partial charge on any atom is -0.461 e. The summed E-state index contributed by atoms with van der Waals surface area (Å²) in [5.41, 5.74) is 0.182. The summed E-state index contributed by atoms with van der Waals surface area (Å²) in [4.78, 5) is 58.0. The summed E-state index contributed by atoms with van der Waals surface area (Å²) in [7, 11) is 0. The molecule has 2 aromatic rings.